The first-order valence-corrected chi connectivity index (χ1v) is 10.0. The van der Waals surface area contributed by atoms with Crippen LogP contribution in [0.15, 0.2) is 18.2 Å². The Morgan fingerprint density at radius 1 is 1.11 bits per heavy atom. The van der Waals surface area contributed by atoms with Gasteiger partial charge in [0.15, 0.2) is 0 Å². The van der Waals surface area contributed by atoms with Gasteiger partial charge in [0.2, 0.25) is 0 Å². The molecule has 0 bridgehead atoms. The molecule has 2 fully saturated rings. The quantitative estimate of drug-likeness (QED) is 0.740. The van der Waals surface area contributed by atoms with Gasteiger partial charge < -0.3 is 20.9 Å². The molecule has 0 saturated carbocycles. The summed E-state index contributed by atoms with van der Waals surface area (Å²) in [5, 5.41) is 9.40. The molecule has 3 N–H and O–H groups in total. The van der Waals surface area contributed by atoms with Crippen LogP contribution in [0, 0.1) is 5.82 Å². The van der Waals surface area contributed by atoms with Crippen molar-refractivity contribution in [3.8, 4) is 0 Å². The first kappa shape index (κ1) is 20.6. The maximum absolute atomic E-state index is 13.9. The second kappa shape index (κ2) is 7.70. The number of carbonyl (C=O) groups excluding carboxylic acids is 2. The summed E-state index contributed by atoms with van der Waals surface area (Å²) in [4.78, 5) is 27.1. The van der Waals surface area contributed by atoms with E-state index < -0.39 is 5.82 Å². The van der Waals surface area contributed by atoms with Gasteiger partial charge in [-0.25, -0.2) is 9.18 Å². The monoisotopic (exact) mass is 390 g/mol. The lowest BCUT2D eigenvalue weighted by atomic mass is 9.79. The largest absolute Gasteiger partial charge is 0.349 e. The number of anilines is 1. The summed E-state index contributed by atoms with van der Waals surface area (Å²) in [6.07, 6.45) is 3.50. The fourth-order valence-electron chi connectivity index (χ4n) is 4.62. The zero-order chi connectivity index (χ0) is 20.5. The van der Waals surface area contributed by atoms with Crippen LogP contribution in [0.1, 0.15) is 63.7 Å². The second-order valence-electron chi connectivity index (χ2n) is 9.29. The number of halogens is 1. The Kier molecular flexibility index (Phi) is 5.66. The van der Waals surface area contributed by atoms with Gasteiger partial charge in [0.25, 0.3) is 5.91 Å². The molecule has 1 aromatic rings. The lowest BCUT2D eigenvalue weighted by Crippen LogP contribution is -2.62. The standard InChI is InChI=1S/C21H31FN4O2/c1-20(2)12-15(13-21(3,4)25-20)23-18(27)16-11-14(22)7-8-17(16)24-19(28)26-9-5-6-10-26/h7-8,11,15,25H,5-6,9-10,12-13H2,1-4H3,(H,23,27)(H,24,28). The second-order valence-corrected chi connectivity index (χ2v) is 9.29. The molecular weight excluding hydrogens is 359 g/mol. The lowest BCUT2D eigenvalue weighted by molar-refractivity contribution is 0.0873. The number of amides is 3. The zero-order valence-corrected chi connectivity index (χ0v) is 17.2. The summed E-state index contributed by atoms with van der Waals surface area (Å²) in [5.41, 5.74) is 0.257. The predicted octanol–water partition coefficient (Wildman–Crippen LogP) is 3.49. The van der Waals surface area contributed by atoms with Crippen LogP contribution in [0.3, 0.4) is 0 Å². The van der Waals surface area contributed by atoms with Crippen LogP contribution >= 0.6 is 0 Å². The Hall–Kier alpha value is -2.15. The molecule has 28 heavy (non-hydrogen) atoms. The average molecular weight is 391 g/mol. The topological polar surface area (TPSA) is 73.5 Å². The Morgan fingerprint density at radius 2 is 1.71 bits per heavy atom. The fourth-order valence-corrected chi connectivity index (χ4v) is 4.62. The SMILES string of the molecule is CC1(C)CC(NC(=O)c2cc(F)ccc2NC(=O)N2CCCC2)CC(C)(C)N1. The number of likely N-dealkylation sites (tertiary alicyclic amines) is 1. The van der Waals surface area contributed by atoms with Gasteiger partial charge in [0.05, 0.1) is 11.3 Å². The molecule has 0 unspecified atom stereocenters. The summed E-state index contributed by atoms with van der Waals surface area (Å²) in [6.45, 7) is 9.84. The number of piperidine rings is 1. The number of nitrogens with zero attached hydrogens (tertiary/aromatic N) is 1. The van der Waals surface area contributed by atoms with Crippen molar-refractivity contribution in [1.29, 1.82) is 0 Å². The molecule has 154 valence electrons. The molecule has 0 aliphatic carbocycles. The molecule has 7 heteroatoms. The van der Waals surface area contributed by atoms with Crippen molar-refractivity contribution in [1.82, 2.24) is 15.5 Å². The first-order valence-electron chi connectivity index (χ1n) is 10.0. The molecule has 3 amide bonds. The molecule has 6 nitrogen and oxygen atoms in total. The van der Waals surface area contributed by atoms with Gasteiger partial charge in [-0.15, -0.1) is 0 Å². The molecule has 1 aromatic carbocycles. The summed E-state index contributed by atoms with van der Waals surface area (Å²) in [7, 11) is 0. The van der Waals surface area contributed by atoms with E-state index >= 15 is 0 Å². The molecule has 0 spiro atoms. The maximum Gasteiger partial charge on any atom is 0.321 e. The Balaban J connectivity index is 1.75. The molecule has 0 radical (unpaired) electrons. The molecular formula is C21H31FN4O2. The van der Waals surface area contributed by atoms with Crippen LogP contribution in [0.2, 0.25) is 0 Å². The summed E-state index contributed by atoms with van der Waals surface area (Å²) < 4.78 is 13.9. The molecule has 2 saturated heterocycles. The molecule has 0 aromatic heterocycles. The van der Waals surface area contributed by atoms with Crippen LogP contribution in [-0.2, 0) is 0 Å². The number of nitrogens with one attached hydrogen (secondary N) is 3. The number of benzene rings is 1. The van der Waals surface area contributed by atoms with Crippen molar-refractivity contribution in [3.63, 3.8) is 0 Å². The molecule has 2 aliphatic heterocycles. The molecule has 3 rings (SSSR count). The predicted molar refractivity (Wildman–Crippen MR) is 108 cm³/mol. The van der Waals surface area contributed by atoms with Gasteiger partial charge in [-0.05, 0) is 71.6 Å². The highest BCUT2D eigenvalue weighted by atomic mass is 19.1. The zero-order valence-electron chi connectivity index (χ0n) is 17.2. The Morgan fingerprint density at radius 3 is 2.32 bits per heavy atom. The maximum atomic E-state index is 13.9. The number of carbonyl (C=O) groups is 2. The van der Waals surface area contributed by atoms with E-state index in [0.717, 1.165) is 25.7 Å². The summed E-state index contributed by atoms with van der Waals surface area (Å²) in [5.74, 6) is -0.870. The van der Waals surface area contributed by atoms with Crippen molar-refractivity contribution >= 4 is 17.6 Å². The van der Waals surface area contributed by atoms with E-state index in [-0.39, 0.29) is 34.6 Å². The number of rotatable bonds is 3. The third-order valence-corrected chi connectivity index (χ3v) is 5.39. The summed E-state index contributed by atoms with van der Waals surface area (Å²) in [6, 6.07) is 3.61. The van der Waals surface area contributed by atoms with Gasteiger partial charge in [-0.3, -0.25) is 4.79 Å². The van der Waals surface area contributed by atoms with Gasteiger partial charge in [0.1, 0.15) is 5.82 Å². The van der Waals surface area contributed by atoms with Crippen molar-refractivity contribution in [2.45, 2.75) is 70.5 Å². The van der Waals surface area contributed by atoms with Crippen LogP contribution in [0.25, 0.3) is 0 Å². The number of hydrogen-bond acceptors (Lipinski definition) is 3. The van der Waals surface area contributed by atoms with Crippen molar-refractivity contribution < 1.29 is 14.0 Å². The molecule has 0 atom stereocenters. The smallest absolute Gasteiger partial charge is 0.321 e. The minimum atomic E-state index is -0.504. The highest BCUT2D eigenvalue weighted by Crippen LogP contribution is 2.29. The van der Waals surface area contributed by atoms with Crippen LogP contribution in [0.4, 0.5) is 14.9 Å². The van der Waals surface area contributed by atoms with Gasteiger partial charge in [-0.2, -0.15) is 0 Å². The van der Waals surface area contributed by atoms with Gasteiger partial charge in [0, 0.05) is 30.2 Å². The Bertz CT molecular complexity index is 741. The van der Waals surface area contributed by atoms with E-state index in [1.807, 2.05) is 0 Å². The van der Waals surface area contributed by atoms with Crippen molar-refractivity contribution in [2.24, 2.45) is 0 Å². The van der Waals surface area contributed by atoms with E-state index in [1.54, 1.807) is 4.90 Å². The average Bonchev–Trinajstić information content (AvgIpc) is 3.08. The summed E-state index contributed by atoms with van der Waals surface area (Å²) >= 11 is 0. The van der Waals surface area contributed by atoms with Gasteiger partial charge in [-0.1, -0.05) is 0 Å². The minimum Gasteiger partial charge on any atom is -0.349 e. The number of urea groups is 1. The van der Waals surface area contributed by atoms with E-state index in [0.29, 0.717) is 18.8 Å². The lowest BCUT2D eigenvalue weighted by Gasteiger charge is -2.46. The minimum absolute atomic E-state index is 0.0378. The third kappa shape index (κ3) is 5.01. The van der Waals surface area contributed by atoms with E-state index in [2.05, 4.69) is 43.6 Å². The fraction of sp³-hybridized carbons (Fsp3) is 0.619. The van der Waals surface area contributed by atoms with Crippen molar-refractivity contribution in [2.75, 3.05) is 18.4 Å². The van der Waals surface area contributed by atoms with Crippen LogP contribution in [0.5, 0.6) is 0 Å². The van der Waals surface area contributed by atoms with E-state index in [1.165, 1.54) is 18.2 Å². The van der Waals surface area contributed by atoms with Crippen LogP contribution in [-0.4, -0.2) is 47.0 Å². The van der Waals surface area contributed by atoms with Crippen LogP contribution < -0.4 is 16.0 Å². The highest BCUT2D eigenvalue weighted by Gasteiger charge is 2.38. The highest BCUT2D eigenvalue weighted by molar-refractivity contribution is 6.03. The van der Waals surface area contributed by atoms with E-state index in [4.69, 9.17) is 0 Å². The number of hydrogen-bond donors (Lipinski definition) is 3. The van der Waals surface area contributed by atoms with Crippen molar-refractivity contribution in [3.05, 3.63) is 29.6 Å². The van der Waals surface area contributed by atoms with Gasteiger partial charge >= 0.3 is 6.03 Å². The normalized spacial score (nSPS) is 21.4. The molecule has 2 aliphatic rings. The Labute approximate surface area is 166 Å². The molecule has 2 heterocycles. The first-order chi connectivity index (χ1) is 13.0. The van der Waals surface area contributed by atoms with E-state index in [9.17, 15) is 14.0 Å². The third-order valence-electron chi connectivity index (χ3n) is 5.39.